The number of nitrogens with one attached hydrogen (secondary N) is 2. The van der Waals surface area contributed by atoms with E-state index in [1.54, 1.807) is 4.90 Å². The summed E-state index contributed by atoms with van der Waals surface area (Å²) in [5, 5.41) is 6.07. The monoisotopic (exact) mass is 495 g/mol. The molecule has 6 nitrogen and oxygen atoms in total. The van der Waals surface area contributed by atoms with E-state index < -0.39 is 15.8 Å². The van der Waals surface area contributed by atoms with E-state index in [1.165, 1.54) is 5.56 Å². The van der Waals surface area contributed by atoms with Crippen LogP contribution in [0.2, 0.25) is 4.71 Å². The summed E-state index contributed by atoms with van der Waals surface area (Å²) in [7, 11) is 0. The standard InChI is InChI=1S/C25H30AsN3O3/c30-24(23-2-1-13-32-23)26-21-7-3-17(4-8-21)18-5-9-22(10-6-18)28-25(31)29-15-19-11-12-27-14-20(19)16-29/h5-6,9-12,14-15,17,21,23,26-27H,1-4,7-8,13,16H2,(H,28,31)/t17?,21?,23-/m1/s1. The van der Waals surface area contributed by atoms with Crippen LogP contribution in [0, 0.1) is 0 Å². The number of nitrogens with zero attached hydrogens (tertiary/aromatic N) is 1. The molecule has 2 atom stereocenters. The van der Waals surface area contributed by atoms with Gasteiger partial charge in [-0.3, -0.25) is 0 Å². The minimum absolute atomic E-state index is 0.0823. The first-order valence-corrected chi connectivity index (χ1v) is 13.8. The van der Waals surface area contributed by atoms with E-state index in [0.29, 0.717) is 21.7 Å². The molecule has 1 unspecified atom stereocenters. The Morgan fingerprint density at radius 1 is 1.09 bits per heavy atom. The number of carbonyl (C=O) groups excluding carboxylic acids is 2. The number of dihydropyridines is 1. The maximum atomic E-state index is 12.6. The van der Waals surface area contributed by atoms with Crippen LogP contribution in [0.25, 0.3) is 0 Å². The zero-order valence-electron chi connectivity index (χ0n) is 18.2. The number of anilines is 1. The fourth-order valence-corrected chi connectivity index (χ4v) is 7.97. The van der Waals surface area contributed by atoms with E-state index in [4.69, 9.17) is 4.74 Å². The molecule has 1 saturated heterocycles. The molecule has 1 saturated carbocycles. The third-order valence-corrected chi connectivity index (χ3v) is 10.2. The molecule has 3 heterocycles. The van der Waals surface area contributed by atoms with Crippen LogP contribution < -0.4 is 10.6 Å². The molecule has 2 amide bonds. The normalized spacial score (nSPS) is 27.1. The van der Waals surface area contributed by atoms with Gasteiger partial charge in [-0.05, 0) is 17.2 Å². The molecule has 2 fully saturated rings. The number of ether oxygens (including phenoxy) is 1. The topological polar surface area (TPSA) is 70.7 Å². The minimum atomic E-state index is -0.570. The van der Waals surface area contributed by atoms with Crippen molar-refractivity contribution in [1.29, 1.82) is 0 Å². The predicted molar refractivity (Wildman–Crippen MR) is 127 cm³/mol. The number of carbonyl (C=O) groups is 2. The van der Waals surface area contributed by atoms with E-state index in [0.717, 1.165) is 62.0 Å². The third kappa shape index (κ3) is 4.87. The van der Waals surface area contributed by atoms with Gasteiger partial charge in [0.15, 0.2) is 0 Å². The van der Waals surface area contributed by atoms with Crippen molar-refractivity contribution in [1.82, 2.24) is 10.2 Å². The Hall–Kier alpha value is -2.30. The molecule has 3 aliphatic heterocycles. The van der Waals surface area contributed by atoms with Gasteiger partial charge in [-0.1, -0.05) is 0 Å². The molecule has 0 aromatic heterocycles. The molecule has 0 bridgehead atoms. The molecule has 32 heavy (non-hydrogen) atoms. The Balaban J connectivity index is 1.10. The summed E-state index contributed by atoms with van der Waals surface area (Å²) in [6.45, 7) is 1.34. The van der Waals surface area contributed by atoms with Gasteiger partial charge in [0.2, 0.25) is 0 Å². The van der Waals surface area contributed by atoms with Crippen LogP contribution in [0.1, 0.15) is 50.0 Å². The van der Waals surface area contributed by atoms with Crippen molar-refractivity contribution < 1.29 is 14.3 Å². The van der Waals surface area contributed by atoms with Crippen LogP contribution in [-0.2, 0) is 9.53 Å². The quantitative estimate of drug-likeness (QED) is 0.606. The Bertz CT molecular complexity index is 955. The molecular weight excluding hydrogens is 465 g/mol. The van der Waals surface area contributed by atoms with Gasteiger partial charge in [-0.2, -0.15) is 0 Å². The molecule has 1 aliphatic carbocycles. The second-order valence-electron chi connectivity index (χ2n) is 8.99. The van der Waals surface area contributed by atoms with Crippen LogP contribution in [0.3, 0.4) is 0 Å². The Morgan fingerprint density at radius 2 is 1.91 bits per heavy atom. The van der Waals surface area contributed by atoms with Gasteiger partial charge in [-0.25, -0.2) is 0 Å². The van der Waals surface area contributed by atoms with Crippen LogP contribution in [0.5, 0.6) is 0 Å². The molecule has 5 rings (SSSR count). The van der Waals surface area contributed by atoms with Gasteiger partial charge >= 0.3 is 161 Å². The van der Waals surface area contributed by atoms with E-state index in [1.807, 2.05) is 36.8 Å². The van der Waals surface area contributed by atoms with E-state index in [9.17, 15) is 9.59 Å². The Kier molecular flexibility index (Phi) is 6.51. The van der Waals surface area contributed by atoms with Crippen LogP contribution >= 0.6 is 0 Å². The fourth-order valence-electron chi connectivity index (χ4n) is 4.95. The molecule has 168 valence electrons. The number of rotatable bonds is 5. The fraction of sp³-hybridized carbons (Fsp3) is 0.440. The zero-order chi connectivity index (χ0) is 21.9. The van der Waals surface area contributed by atoms with Crippen LogP contribution in [-0.4, -0.2) is 50.5 Å². The number of benzene rings is 1. The van der Waals surface area contributed by atoms with Crippen molar-refractivity contribution in [3.63, 3.8) is 0 Å². The Labute approximate surface area is 195 Å². The zero-order valence-corrected chi connectivity index (χ0v) is 20.3. The molecule has 2 N–H and O–H groups in total. The number of allylic oxidation sites excluding steroid dienone is 1. The second kappa shape index (κ2) is 9.68. The first kappa shape index (κ1) is 21.5. The predicted octanol–water partition coefficient (Wildman–Crippen LogP) is 4.01. The van der Waals surface area contributed by atoms with Crippen molar-refractivity contribution >= 4 is 32.0 Å². The maximum absolute atomic E-state index is 12.6. The van der Waals surface area contributed by atoms with Crippen molar-refractivity contribution in [2.75, 3.05) is 18.5 Å². The first-order chi connectivity index (χ1) is 15.7. The summed E-state index contributed by atoms with van der Waals surface area (Å²) in [4.78, 5) is 26.8. The molecule has 4 aliphatic rings. The molecule has 7 heteroatoms. The van der Waals surface area contributed by atoms with Crippen LogP contribution in [0.4, 0.5) is 10.5 Å². The molecular formula is C25H30AsN3O3. The average Bonchev–Trinajstić information content (AvgIpc) is 3.50. The second-order valence-corrected chi connectivity index (χ2v) is 12.3. The Morgan fingerprint density at radius 3 is 2.62 bits per heavy atom. The summed E-state index contributed by atoms with van der Waals surface area (Å²) in [5.74, 6) is 0.554. The molecule has 1 aromatic rings. The summed E-state index contributed by atoms with van der Waals surface area (Å²) < 4.78 is 6.64. The van der Waals surface area contributed by atoms with E-state index in [2.05, 4.69) is 22.8 Å². The summed E-state index contributed by atoms with van der Waals surface area (Å²) in [5.41, 5.74) is 4.35. The average molecular weight is 495 g/mol. The van der Waals surface area contributed by atoms with Crippen molar-refractivity contribution in [2.45, 2.75) is 55.3 Å². The number of hydrogen-bond acceptors (Lipinski definition) is 4. The SMILES string of the molecule is O=C([AsH]C1CCC(c2ccc(NC(=O)N3C=C4C=CNC=C4C3)cc2)CC1)[C@H]1CCCO1. The number of amides is 2. The van der Waals surface area contributed by atoms with Crippen molar-refractivity contribution in [3.8, 4) is 0 Å². The number of urea groups is 1. The van der Waals surface area contributed by atoms with Gasteiger partial charge in [0.05, 0.1) is 0 Å². The van der Waals surface area contributed by atoms with Crippen molar-refractivity contribution in [2.24, 2.45) is 0 Å². The molecule has 1 aromatic carbocycles. The number of fused-ring (bicyclic) bond motifs is 1. The van der Waals surface area contributed by atoms with E-state index >= 15 is 0 Å². The first-order valence-electron chi connectivity index (χ1n) is 11.6. The van der Waals surface area contributed by atoms with Crippen LogP contribution in [0.15, 0.2) is 60.1 Å². The summed E-state index contributed by atoms with van der Waals surface area (Å²) in [6.07, 6.45) is 14.2. The van der Waals surface area contributed by atoms with Gasteiger partial charge < -0.3 is 5.32 Å². The van der Waals surface area contributed by atoms with Gasteiger partial charge in [0, 0.05) is 12.4 Å². The third-order valence-electron chi connectivity index (χ3n) is 6.81. The molecule has 0 radical (unpaired) electrons. The van der Waals surface area contributed by atoms with Gasteiger partial charge in [0.1, 0.15) is 0 Å². The van der Waals surface area contributed by atoms with E-state index in [-0.39, 0.29) is 12.1 Å². The van der Waals surface area contributed by atoms with Gasteiger partial charge in [-0.15, -0.1) is 0 Å². The number of hydrogen-bond donors (Lipinski definition) is 2. The van der Waals surface area contributed by atoms with Gasteiger partial charge in [0.25, 0.3) is 0 Å². The molecule has 0 spiro atoms. The van der Waals surface area contributed by atoms with Crippen molar-refractivity contribution in [3.05, 3.63) is 65.7 Å². The summed E-state index contributed by atoms with van der Waals surface area (Å²) in [6, 6.07) is 8.18. The summed E-state index contributed by atoms with van der Waals surface area (Å²) >= 11 is -0.570.